The van der Waals surface area contributed by atoms with E-state index < -0.39 is 17.3 Å². The van der Waals surface area contributed by atoms with Crippen molar-refractivity contribution < 1.29 is 27.4 Å². The quantitative estimate of drug-likeness (QED) is 0.685. The van der Waals surface area contributed by atoms with Crippen molar-refractivity contribution in [2.24, 2.45) is 11.3 Å². The molecule has 0 radical (unpaired) electrons. The van der Waals surface area contributed by atoms with Gasteiger partial charge < -0.3 is 24.6 Å². The number of nitrogens with one attached hydrogen (secondary N) is 1. The Hall–Kier alpha value is -1.98. The zero-order chi connectivity index (χ0) is 25.0. The molecule has 1 spiro atoms. The maximum atomic E-state index is 13.7. The van der Waals surface area contributed by atoms with Crippen LogP contribution < -0.4 is 10.2 Å². The Morgan fingerprint density at radius 2 is 2.06 bits per heavy atom. The number of hydrogen-bond acceptors (Lipinski definition) is 7. The number of rotatable bonds is 4. The first-order valence-electron chi connectivity index (χ1n) is 12.5. The van der Waals surface area contributed by atoms with Crippen LogP contribution in [0, 0.1) is 18.3 Å². The van der Waals surface area contributed by atoms with Gasteiger partial charge in [0.15, 0.2) is 0 Å². The van der Waals surface area contributed by atoms with Gasteiger partial charge in [-0.2, -0.15) is 13.2 Å². The molecule has 1 saturated carbocycles. The lowest BCUT2D eigenvalue weighted by atomic mass is 9.74. The van der Waals surface area contributed by atoms with Gasteiger partial charge in [-0.15, -0.1) is 0 Å². The molecule has 0 bridgehead atoms. The van der Waals surface area contributed by atoms with Crippen LogP contribution in [0.4, 0.5) is 19.0 Å². The largest absolute Gasteiger partial charge is 0.433 e. The molecule has 0 aromatic carbocycles. The average molecular weight is 498 g/mol. The molecule has 1 aromatic heterocycles. The Labute approximate surface area is 203 Å². The Morgan fingerprint density at radius 1 is 1.26 bits per heavy atom. The summed E-state index contributed by atoms with van der Waals surface area (Å²) >= 11 is 0. The zero-order valence-corrected chi connectivity index (χ0v) is 20.5. The van der Waals surface area contributed by atoms with Crippen molar-refractivity contribution >= 4 is 11.7 Å². The summed E-state index contributed by atoms with van der Waals surface area (Å²) in [5.41, 5.74) is -1.35. The fourth-order valence-electron chi connectivity index (χ4n) is 6.67. The van der Waals surface area contributed by atoms with Crippen LogP contribution in [0.1, 0.15) is 44.1 Å². The highest BCUT2D eigenvalue weighted by atomic mass is 19.4. The van der Waals surface area contributed by atoms with Gasteiger partial charge in [-0.3, -0.25) is 4.79 Å². The molecule has 8 nitrogen and oxygen atoms in total. The Balaban J connectivity index is 1.30. The van der Waals surface area contributed by atoms with E-state index in [1.165, 1.54) is 6.92 Å². The summed E-state index contributed by atoms with van der Waals surface area (Å²) in [4.78, 5) is 25.4. The molecule has 1 amide bonds. The van der Waals surface area contributed by atoms with E-state index in [2.05, 4.69) is 22.2 Å². The molecule has 3 aliphatic heterocycles. The minimum absolute atomic E-state index is 0.00907. The Bertz CT molecular complexity index is 963. The lowest BCUT2D eigenvalue weighted by Crippen LogP contribution is -2.53. The second-order valence-electron chi connectivity index (χ2n) is 10.5. The number of amides is 1. The van der Waals surface area contributed by atoms with Gasteiger partial charge in [-0.25, -0.2) is 9.97 Å². The summed E-state index contributed by atoms with van der Waals surface area (Å²) in [5.74, 6) is 0.671. The normalized spacial score (nSPS) is 35.7. The van der Waals surface area contributed by atoms with Crippen LogP contribution in [0.15, 0.2) is 6.07 Å². The van der Waals surface area contributed by atoms with Gasteiger partial charge >= 0.3 is 6.18 Å². The summed E-state index contributed by atoms with van der Waals surface area (Å²) in [6.45, 7) is 6.31. The standard InChI is InChI=1S/C24H34F3N5O3/c1-14-18-12-31(21-10-20(24(25,26)27)28-15(2)29-21)7-8-32(18)22(33)23(14)6-4-16(11-23)30-17-5-9-35-13-19(17)34-3/h10,14,16-19,30H,4-9,11-13H2,1-3H3/t14?,16-,17?,18?,19?,23+/m1/s1. The van der Waals surface area contributed by atoms with Gasteiger partial charge in [-0.1, -0.05) is 6.92 Å². The van der Waals surface area contributed by atoms with Crippen LogP contribution in [0.3, 0.4) is 0 Å². The maximum Gasteiger partial charge on any atom is 0.433 e. The number of nitrogens with zero attached hydrogens (tertiary/aromatic N) is 4. The third-order valence-corrected chi connectivity index (χ3v) is 8.60. The van der Waals surface area contributed by atoms with Gasteiger partial charge in [0.1, 0.15) is 17.3 Å². The smallest absolute Gasteiger partial charge is 0.379 e. The minimum Gasteiger partial charge on any atom is -0.379 e. The number of fused-ring (bicyclic) bond motifs is 1. The molecule has 1 aromatic rings. The number of piperazine rings is 1. The van der Waals surface area contributed by atoms with E-state index in [0.29, 0.717) is 32.8 Å². The van der Waals surface area contributed by atoms with Crippen molar-refractivity contribution in [3.8, 4) is 0 Å². The molecule has 1 aliphatic carbocycles. The molecule has 194 valence electrons. The number of carbonyl (C=O) groups is 1. The molecule has 4 aliphatic rings. The molecule has 35 heavy (non-hydrogen) atoms. The lowest BCUT2D eigenvalue weighted by Gasteiger charge is -2.39. The monoisotopic (exact) mass is 497 g/mol. The Morgan fingerprint density at radius 3 is 2.80 bits per heavy atom. The summed E-state index contributed by atoms with van der Waals surface area (Å²) in [6.07, 6.45) is -1.11. The van der Waals surface area contributed by atoms with Crippen LogP contribution in [-0.4, -0.2) is 85.0 Å². The summed E-state index contributed by atoms with van der Waals surface area (Å²) < 4.78 is 51.1. The number of aryl methyl sites for hydroxylation is 1. The fraction of sp³-hybridized carbons (Fsp3) is 0.792. The molecule has 4 heterocycles. The van der Waals surface area contributed by atoms with Gasteiger partial charge in [-0.05, 0) is 38.5 Å². The van der Waals surface area contributed by atoms with E-state index in [1.54, 1.807) is 7.11 Å². The third-order valence-electron chi connectivity index (χ3n) is 8.60. The predicted octanol–water partition coefficient (Wildman–Crippen LogP) is 2.40. The van der Waals surface area contributed by atoms with E-state index in [4.69, 9.17) is 9.47 Å². The lowest BCUT2D eigenvalue weighted by molar-refractivity contribution is -0.141. The van der Waals surface area contributed by atoms with E-state index in [-0.39, 0.29) is 47.7 Å². The van der Waals surface area contributed by atoms with Crippen molar-refractivity contribution in [1.82, 2.24) is 20.2 Å². The molecule has 11 heteroatoms. The summed E-state index contributed by atoms with van der Waals surface area (Å²) in [5, 5.41) is 3.74. The third kappa shape index (κ3) is 4.40. The van der Waals surface area contributed by atoms with Crippen molar-refractivity contribution in [3.63, 3.8) is 0 Å². The van der Waals surface area contributed by atoms with E-state index in [1.807, 2.05) is 9.80 Å². The van der Waals surface area contributed by atoms with E-state index >= 15 is 0 Å². The number of alkyl halides is 3. The molecule has 1 N–H and O–H groups in total. The van der Waals surface area contributed by atoms with E-state index in [0.717, 1.165) is 31.7 Å². The van der Waals surface area contributed by atoms with Gasteiger partial charge in [0, 0.05) is 51.5 Å². The molecule has 6 atom stereocenters. The molecule has 4 fully saturated rings. The molecule has 5 rings (SSSR count). The second kappa shape index (κ2) is 9.15. The number of carbonyl (C=O) groups excluding carboxylic acids is 1. The number of hydrogen-bond donors (Lipinski definition) is 1. The maximum absolute atomic E-state index is 13.7. The van der Waals surface area contributed by atoms with Crippen LogP contribution in [0.25, 0.3) is 0 Å². The predicted molar refractivity (Wildman–Crippen MR) is 122 cm³/mol. The van der Waals surface area contributed by atoms with Crippen molar-refractivity contribution in [2.45, 2.75) is 69.9 Å². The number of halogens is 3. The molecule has 4 unspecified atom stereocenters. The van der Waals surface area contributed by atoms with E-state index in [9.17, 15) is 18.0 Å². The van der Waals surface area contributed by atoms with Gasteiger partial charge in [0.2, 0.25) is 5.91 Å². The zero-order valence-electron chi connectivity index (χ0n) is 20.5. The van der Waals surface area contributed by atoms with Crippen LogP contribution in [0.2, 0.25) is 0 Å². The molecular weight excluding hydrogens is 463 g/mol. The second-order valence-corrected chi connectivity index (χ2v) is 10.5. The minimum atomic E-state index is -4.52. The number of methoxy groups -OCH3 is 1. The van der Waals surface area contributed by atoms with Crippen molar-refractivity contribution in [1.29, 1.82) is 0 Å². The van der Waals surface area contributed by atoms with Crippen LogP contribution in [0.5, 0.6) is 0 Å². The topological polar surface area (TPSA) is 79.8 Å². The highest BCUT2D eigenvalue weighted by Gasteiger charge is 2.60. The fourth-order valence-corrected chi connectivity index (χ4v) is 6.67. The summed E-state index contributed by atoms with van der Waals surface area (Å²) in [7, 11) is 1.70. The SMILES string of the molecule is COC1COCCC1N[C@@H]1CC[C@@]2(C1)C(=O)N1CCN(c3cc(C(F)(F)F)nc(C)n3)CC1C2C. The highest BCUT2D eigenvalue weighted by Crippen LogP contribution is 2.53. The van der Waals surface area contributed by atoms with Crippen molar-refractivity contribution in [3.05, 3.63) is 17.6 Å². The van der Waals surface area contributed by atoms with Crippen LogP contribution >= 0.6 is 0 Å². The molecular formula is C24H34F3N5O3. The average Bonchev–Trinajstić information content (AvgIpc) is 3.34. The number of aromatic nitrogens is 2. The number of ether oxygens (including phenoxy) is 2. The highest BCUT2D eigenvalue weighted by molar-refractivity contribution is 5.87. The first-order chi connectivity index (χ1) is 16.6. The van der Waals surface area contributed by atoms with Crippen molar-refractivity contribution in [2.75, 3.05) is 44.9 Å². The summed E-state index contributed by atoms with van der Waals surface area (Å²) in [6, 6.07) is 1.42. The molecule has 3 saturated heterocycles. The first-order valence-corrected chi connectivity index (χ1v) is 12.5. The van der Waals surface area contributed by atoms with Crippen LogP contribution in [-0.2, 0) is 20.4 Å². The first kappa shape index (κ1) is 24.7. The number of anilines is 1. The van der Waals surface area contributed by atoms with Gasteiger partial charge in [0.05, 0.1) is 24.2 Å². The Kier molecular flexibility index (Phi) is 6.46. The van der Waals surface area contributed by atoms with Gasteiger partial charge in [0.25, 0.3) is 0 Å².